The Morgan fingerprint density at radius 2 is 1.95 bits per heavy atom. The molecule has 1 aliphatic rings. The van der Waals surface area contributed by atoms with E-state index in [9.17, 15) is 18.4 Å². The molecular weight excluding hydrogens is 258 g/mol. The zero-order valence-electron chi connectivity index (χ0n) is 10.9. The van der Waals surface area contributed by atoms with Crippen molar-refractivity contribution in [3.63, 3.8) is 0 Å². The van der Waals surface area contributed by atoms with Gasteiger partial charge >= 0.3 is 12.0 Å². The second kappa shape index (κ2) is 7.25. The Morgan fingerprint density at radius 1 is 1.32 bits per heavy atom. The highest BCUT2D eigenvalue weighted by atomic mass is 19.3. The summed E-state index contributed by atoms with van der Waals surface area (Å²) in [6.45, 7) is -0.656. The van der Waals surface area contributed by atoms with E-state index in [1.807, 2.05) is 0 Å². The van der Waals surface area contributed by atoms with Crippen molar-refractivity contribution >= 4 is 12.0 Å². The molecule has 0 bridgehead atoms. The number of nitrogens with one attached hydrogen (secondary N) is 1. The number of halogens is 2. The van der Waals surface area contributed by atoms with Crippen molar-refractivity contribution in [3.05, 3.63) is 0 Å². The maximum absolute atomic E-state index is 12.2. The molecule has 2 amide bonds. The van der Waals surface area contributed by atoms with Crippen LogP contribution in [0.2, 0.25) is 0 Å². The number of urea groups is 1. The monoisotopic (exact) mass is 278 g/mol. The summed E-state index contributed by atoms with van der Waals surface area (Å²) in [6.07, 6.45) is 1.08. The highest BCUT2D eigenvalue weighted by Crippen LogP contribution is 2.24. The Labute approximate surface area is 111 Å². The van der Waals surface area contributed by atoms with E-state index in [4.69, 9.17) is 5.11 Å². The highest BCUT2D eigenvalue weighted by molar-refractivity contribution is 5.76. The quantitative estimate of drug-likeness (QED) is 0.772. The van der Waals surface area contributed by atoms with Crippen molar-refractivity contribution in [2.75, 3.05) is 13.6 Å². The summed E-state index contributed by atoms with van der Waals surface area (Å²) in [7, 11) is 1.27. The molecule has 1 aliphatic carbocycles. The van der Waals surface area contributed by atoms with Gasteiger partial charge in [0, 0.05) is 13.1 Å². The summed E-state index contributed by atoms with van der Waals surface area (Å²) in [5, 5.41) is 11.7. The summed E-state index contributed by atoms with van der Waals surface area (Å²) in [5.41, 5.74) is 0. The van der Waals surface area contributed by atoms with Crippen LogP contribution in [-0.2, 0) is 4.79 Å². The van der Waals surface area contributed by atoms with E-state index in [0.29, 0.717) is 12.8 Å². The van der Waals surface area contributed by atoms with Gasteiger partial charge in [-0.05, 0) is 12.8 Å². The molecule has 0 aromatic heterocycles. The summed E-state index contributed by atoms with van der Waals surface area (Å²) in [5.74, 6) is -1.57. The first-order valence-corrected chi connectivity index (χ1v) is 6.44. The second-order valence-corrected chi connectivity index (χ2v) is 4.91. The molecule has 2 N–H and O–H groups in total. The van der Waals surface area contributed by atoms with Crippen molar-refractivity contribution in [3.8, 4) is 0 Å². The molecule has 2 atom stereocenters. The zero-order chi connectivity index (χ0) is 14.4. The second-order valence-electron chi connectivity index (χ2n) is 4.91. The topological polar surface area (TPSA) is 69.6 Å². The minimum atomic E-state index is -2.60. The number of hydrogen-bond donors (Lipinski definition) is 2. The van der Waals surface area contributed by atoms with E-state index >= 15 is 0 Å². The SMILES string of the molecule is CN(CC(F)F)C(=O)NC1CCCCCC1C(=O)O. The van der Waals surface area contributed by atoms with Crippen LogP contribution in [0.15, 0.2) is 0 Å². The number of aliphatic carboxylic acids is 1. The predicted molar refractivity (Wildman–Crippen MR) is 65.2 cm³/mol. The molecule has 1 saturated carbocycles. The standard InChI is InChI=1S/C12H20F2N2O3/c1-16(7-10(13)14)12(19)15-9-6-4-2-3-5-8(9)11(17)18/h8-10H,2-7H2,1H3,(H,15,19)(H,17,18). The Balaban J connectivity index is 2.60. The zero-order valence-corrected chi connectivity index (χ0v) is 10.9. The number of hydrogen-bond acceptors (Lipinski definition) is 2. The Morgan fingerprint density at radius 3 is 2.53 bits per heavy atom. The lowest BCUT2D eigenvalue weighted by Crippen LogP contribution is -2.48. The Kier molecular flexibility index (Phi) is 5.98. The van der Waals surface area contributed by atoms with Crippen molar-refractivity contribution < 1.29 is 23.5 Å². The number of amides is 2. The molecule has 0 saturated heterocycles. The molecule has 0 spiro atoms. The van der Waals surface area contributed by atoms with Crippen molar-refractivity contribution in [1.29, 1.82) is 0 Å². The lowest BCUT2D eigenvalue weighted by molar-refractivity contribution is -0.142. The number of carbonyl (C=O) groups is 2. The third-order valence-corrected chi connectivity index (χ3v) is 3.40. The number of alkyl halides is 2. The van der Waals surface area contributed by atoms with Gasteiger partial charge in [-0.3, -0.25) is 4.79 Å². The highest BCUT2D eigenvalue weighted by Gasteiger charge is 2.31. The number of nitrogens with zero attached hydrogens (tertiary/aromatic N) is 1. The third kappa shape index (κ3) is 5.00. The van der Waals surface area contributed by atoms with Crippen LogP contribution in [0.4, 0.5) is 13.6 Å². The summed E-state index contributed by atoms with van der Waals surface area (Å²) < 4.78 is 24.4. The fraction of sp³-hybridized carbons (Fsp3) is 0.833. The fourth-order valence-electron chi connectivity index (χ4n) is 2.33. The van der Waals surface area contributed by atoms with Gasteiger partial charge in [-0.15, -0.1) is 0 Å². The van der Waals surface area contributed by atoms with Gasteiger partial charge in [0.1, 0.15) is 0 Å². The van der Waals surface area contributed by atoms with Gasteiger partial charge in [-0.2, -0.15) is 0 Å². The van der Waals surface area contributed by atoms with Crippen LogP contribution in [0, 0.1) is 5.92 Å². The Bertz CT molecular complexity index is 326. The maximum atomic E-state index is 12.2. The van der Waals surface area contributed by atoms with Crippen LogP contribution in [0.25, 0.3) is 0 Å². The largest absolute Gasteiger partial charge is 0.481 e. The van der Waals surface area contributed by atoms with E-state index in [2.05, 4.69) is 5.32 Å². The molecule has 7 heteroatoms. The lowest BCUT2D eigenvalue weighted by atomic mass is 9.95. The van der Waals surface area contributed by atoms with Crippen molar-refractivity contribution in [1.82, 2.24) is 10.2 Å². The molecule has 2 unspecified atom stereocenters. The average Bonchev–Trinajstić information content (AvgIpc) is 2.53. The first-order chi connectivity index (χ1) is 8.91. The molecule has 0 aromatic carbocycles. The Hall–Kier alpha value is -1.40. The molecule has 1 rings (SSSR count). The van der Waals surface area contributed by atoms with Gasteiger partial charge in [0.25, 0.3) is 6.43 Å². The molecule has 0 heterocycles. The van der Waals surface area contributed by atoms with Crippen molar-refractivity contribution in [2.45, 2.75) is 44.6 Å². The van der Waals surface area contributed by atoms with Gasteiger partial charge < -0.3 is 15.3 Å². The molecule has 110 valence electrons. The van der Waals surface area contributed by atoms with Gasteiger partial charge in [-0.1, -0.05) is 19.3 Å². The molecule has 19 heavy (non-hydrogen) atoms. The predicted octanol–water partition coefficient (Wildman–Crippen LogP) is 1.93. The first kappa shape index (κ1) is 15.7. The van der Waals surface area contributed by atoms with Crippen LogP contribution in [-0.4, -0.2) is 48.1 Å². The summed E-state index contributed by atoms with van der Waals surface area (Å²) in [6, 6.07) is -1.12. The number of rotatable bonds is 4. The number of carbonyl (C=O) groups excluding carboxylic acids is 1. The van der Waals surface area contributed by atoms with Gasteiger partial charge in [0.2, 0.25) is 0 Å². The summed E-state index contributed by atoms with van der Waals surface area (Å²) in [4.78, 5) is 23.8. The van der Waals surface area contributed by atoms with E-state index in [0.717, 1.165) is 24.2 Å². The van der Waals surface area contributed by atoms with Gasteiger partial charge in [-0.25, -0.2) is 13.6 Å². The van der Waals surface area contributed by atoms with Crippen molar-refractivity contribution in [2.24, 2.45) is 5.92 Å². The molecule has 0 aliphatic heterocycles. The van der Waals surface area contributed by atoms with E-state index in [-0.39, 0.29) is 0 Å². The fourth-order valence-corrected chi connectivity index (χ4v) is 2.33. The molecular formula is C12H20F2N2O3. The lowest BCUT2D eigenvalue weighted by Gasteiger charge is -2.26. The maximum Gasteiger partial charge on any atom is 0.317 e. The number of carboxylic acid groups (broad SMARTS) is 1. The molecule has 5 nitrogen and oxygen atoms in total. The van der Waals surface area contributed by atoms with Crippen LogP contribution in [0.1, 0.15) is 32.1 Å². The van der Waals surface area contributed by atoms with Crippen LogP contribution in [0.3, 0.4) is 0 Å². The van der Waals surface area contributed by atoms with Crippen LogP contribution in [0.5, 0.6) is 0 Å². The van der Waals surface area contributed by atoms with E-state index in [1.54, 1.807) is 0 Å². The van der Waals surface area contributed by atoms with Crippen LogP contribution < -0.4 is 5.32 Å². The molecule has 1 fully saturated rings. The molecule has 0 aromatic rings. The average molecular weight is 278 g/mol. The van der Waals surface area contributed by atoms with E-state index < -0.39 is 36.9 Å². The minimum absolute atomic E-state index is 0.479. The van der Waals surface area contributed by atoms with E-state index in [1.165, 1.54) is 7.05 Å². The van der Waals surface area contributed by atoms with Gasteiger partial charge in [0.15, 0.2) is 0 Å². The third-order valence-electron chi connectivity index (χ3n) is 3.40. The molecule has 0 radical (unpaired) electrons. The minimum Gasteiger partial charge on any atom is -0.481 e. The van der Waals surface area contributed by atoms with Crippen LogP contribution >= 0.6 is 0 Å². The smallest absolute Gasteiger partial charge is 0.317 e. The first-order valence-electron chi connectivity index (χ1n) is 6.44. The summed E-state index contributed by atoms with van der Waals surface area (Å²) >= 11 is 0. The normalized spacial score (nSPS) is 23.8. The number of carboxylic acids is 1. The van der Waals surface area contributed by atoms with Gasteiger partial charge in [0.05, 0.1) is 12.5 Å².